The van der Waals surface area contributed by atoms with Crippen LogP contribution in [0.5, 0.6) is 0 Å². The number of tetrazole rings is 1. The second kappa shape index (κ2) is 12.2. The van der Waals surface area contributed by atoms with Crippen molar-refractivity contribution in [3.8, 4) is 0 Å². The predicted molar refractivity (Wildman–Crippen MR) is 143 cm³/mol. The van der Waals surface area contributed by atoms with Crippen molar-refractivity contribution in [2.45, 2.75) is 56.5 Å². The van der Waals surface area contributed by atoms with E-state index < -0.39 is 23.5 Å². The molecule has 3 aromatic rings. The maximum atomic E-state index is 13.6. The van der Waals surface area contributed by atoms with Crippen molar-refractivity contribution in [1.29, 1.82) is 0 Å². The second-order valence-electron chi connectivity index (χ2n) is 11.3. The van der Waals surface area contributed by atoms with Gasteiger partial charge < -0.3 is 10.6 Å². The molecule has 1 saturated carbocycles. The first-order chi connectivity index (χ1) is 19.9. The van der Waals surface area contributed by atoms with Crippen LogP contribution in [-0.4, -0.2) is 62.3 Å². The molecule has 42 heavy (non-hydrogen) atoms. The summed E-state index contributed by atoms with van der Waals surface area (Å²) in [4.78, 5) is 9.95. The highest BCUT2D eigenvalue weighted by Gasteiger charge is 2.44. The first-order valence-corrected chi connectivity index (χ1v) is 14.0. The Morgan fingerprint density at radius 1 is 1.02 bits per heavy atom. The van der Waals surface area contributed by atoms with Gasteiger partial charge in [-0.25, -0.2) is 0 Å². The van der Waals surface area contributed by atoms with Gasteiger partial charge in [-0.05, 0) is 98.3 Å². The third-order valence-electron chi connectivity index (χ3n) is 8.38. The third-order valence-corrected chi connectivity index (χ3v) is 8.38. The molecule has 4 atom stereocenters. The van der Waals surface area contributed by atoms with Gasteiger partial charge in [-0.2, -0.15) is 31.1 Å². The van der Waals surface area contributed by atoms with Crippen LogP contribution in [0, 0.1) is 11.8 Å². The molecule has 3 heterocycles. The maximum Gasteiger partial charge on any atom is 0.416 e. The topological polar surface area (TPSA) is 89.0 Å². The fraction of sp³-hybridized carbons (Fsp3) is 0.571. The van der Waals surface area contributed by atoms with Crippen LogP contribution < -0.4 is 10.6 Å². The Bertz CT molecular complexity index is 1290. The number of alkyl halides is 6. The van der Waals surface area contributed by atoms with Crippen LogP contribution in [0.3, 0.4) is 0 Å². The number of nitrogens with zero attached hydrogens (tertiary/aromatic N) is 7. The van der Waals surface area contributed by atoms with Gasteiger partial charge in [-0.15, -0.1) is 5.10 Å². The summed E-state index contributed by atoms with van der Waals surface area (Å²) in [5, 5.41) is 12.2. The summed E-state index contributed by atoms with van der Waals surface area (Å²) in [6.45, 7) is 2.60. The van der Waals surface area contributed by atoms with E-state index in [1.165, 1.54) is 4.80 Å². The van der Waals surface area contributed by atoms with E-state index in [9.17, 15) is 26.3 Å². The zero-order valence-corrected chi connectivity index (χ0v) is 23.2. The molecule has 1 aliphatic carbocycles. The van der Waals surface area contributed by atoms with E-state index in [-0.39, 0.29) is 47.9 Å². The highest BCUT2D eigenvalue weighted by atomic mass is 19.4. The van der Waals surface area contributed by atoms with Gasteiger partial charge in [0.15, 0.2) is 0 Å². The SMILES string of the molecule is Cn1nnc(N(Cc2cc(C(F)(F)F)cc(C(F)(F)F)c2)CC2CC(C(CCN)c3ccccn3)C(N3CCC3)C2)n1. The molecule has 2 aromatic heterocycles. The lowest BCUT2D eigenvalue weighted by Crippen LogP contribution is -2.48. The number of likely N-dealkylation sites (tertiary alicyclic amines) is 1. The largest absolute Gasteiger partial charge is 0.416 e. The van der Waals surface area contributed by atoms with Gasteiger partial charge in [0.1, 0.15) is 0 Å². The van der Waals surface area contributed by atoms with E-state index >= 15 is 0 Å². The summed E-state index contributed by atoms with van der Waals surface area (Å²) >= 11 is 0. The molecular formula is C28H34F6N8. The first-order valence-electron chi connectivity index (χ1n) is 14.0. The average Bonchev–Trinajstić information content (AvgIpc) is 3.51. The predicted octanol–water partition coefficient (Wildman–Crippen LogP) is 4.88. The van der Waals surface area contributed by atoms with E-state index in [1.54, 1.807) is 18.1 Å². The maximum absolute atomic E-state index is 13.6. The molecule has 14 heteroatoms. The minimum atomic E-state index is -4.93. The fourth-order valence-corrected chi connectivity index (χ4v) is 6.44. The number of benzene rings is 1. The van der Waals surface area contributed by atoms with Gasteiger partial charge in [0.05, 0.1) is 18.2 Å². The number of rotatable bonds is 10. The fourth-order valence-electron chi connectivity index (χ4n) is 6.44. The molecule has 4 unspecified atom stereocenters. The van der Waals surface area contributed by atoms with Crippen LogP contribution in [0.1, 0.15) is 54.0 Å². The van der Waals surface area contributed by atoms with Crippen molar-refractivity contribution in [2.24, 2.45) is 24.6 Å². The molecule has 5 rings (SSSR count). The Morgan fingerprint density at radius 3 is 2.26 bits per heavy atom. The van der Waals surface area contributed by atoms with Crippen molar-refractivity contribution in [3.05, 3.63) is 65.0 Å². The molecule has 1 aliphatic heterocycles. The number of pyridine rings is 1. The van der Waals surface area contributed by atoms with Crippen molar-refractivity contribution < 1.29 is 26.3 Å². The number of hydrogen-bond acceptors (Lipinski definition) is 7. The Kier molecular flexibility index (Phi) is 8.74. The summed E-state index contributed by atoms with van der Waals surface area (Å²) in [6.07, 6.45) is -4.59. The van der Waals surface area contributed by atoms with Gasteiger partial charge in [0.25, 0.3) is 5.95 Å². The number of aromatic nitrogens is 5. The van der Waals surface area contributed by atoms with Gasteiger partial charge in [-0.1, -0.05) is 11.2 Å². The summed E-state index contributed by atoms with van der Waals surface area (Å²) in [5.41, 5.74) is 4.18. The molecule has 2 fully saturated rings. The number of anilines is 1. The number of aryl methyl sites for hydroxylation is 1. The van der Waals surface area contributed by atoms with Gasteiger partial charge in [0, 0.05) is 36.9 Å². The zero-order valence-electron chi connectivity index (χ0n) is 23.2. The van der Waals surface area contributed by atoms with Gasteiger partial charge in [-0.3, -0.25) is 9.88 Å². The Balaban J connectivity index is 1.44. The zero-order chi connectivity index (χ0) is 30.1. The van der Waals surface area contributed by atoms with E-state index in [0.29, 0.717) is 13.1 Å². The lowest BCUT2D eigenvalue weighted by Gasteiger charge is -2.41. The Hall–Kier alpha value is -3.26. The summed E-state index contributed by atoms with van der Waals surface area (Å²) in [7, 11) is 1.55. The molecular weight excluding hydrogens is 562 g/mol. The van der Waals surface area contributed by atoms with E-state index in [0.717, 1.165) is 56.6 Å². The standard InChI is InChI=1S/C28H34F6N8/c1-40-38-26(37-39-40)42(16-18-11-20(27(29,30)31)15-21(12-18)28(32,33)34)17-19-13-23(25(14-19)41-9-4-10-41)22(6-7-35)24-5-2-3-8-36-24/h2-3,5,8,11-12,15,19,22-23,25H,4,6-7,9-10,13-14,16-17,35H2,1H3. The smallest absolute Gasteiger partial charge is 0.334 e. The molecule has 1 saturated heterocycles. The molecule has 1 aromatic carbocycles. The lowest BCUT2D eigenvalue weighted by atomic mass is 9.81. The van der Waals surface area contributed by atoms with E-state index in [1.807, 2.05) is 18.2 Å². The monoisotopic (exact) mass is 596 g/mol. The molecule has 2 N–H and O–H groups in total. The first kappa shape index (κ1) is 30.2. The highest BCUT2D eigenvalue weighted by Crippen LogP contribution is 2.45. The van der Waals surface area contributed by atoms with Crippen LogP contribution in [0.25, 0.3) is 0 Å². The molecule has 228 valence electrons. The summed E-state index contributed by atoms with van der Waals surface area (Å²) < 4.78 is 81.4. The number of hydrogen-bond donors (Lipinski definition) is 1. The van der Waals surface area contributed by atoms with Crippen molar-refractivity contribution in [2.75, 3.05) is 31.1 Å². The average molecular weight is 597 g/mol. The minimum Gasteiger partial charge on any atom is -0.334 e. The second-order valence-corrected chi connectivity index (χ2v) is 11.3. The van der Waals surface area contributed by atoms with Gasteiger partial charge in [0.2, 0.25) is 0 Å². The molecule has 0 spiro atoms. The summed E-state index contributed by atoms with van der Waals surface area (Å²) in [5.74, 6) is 0.612. The molecule has 0 amide bonds. The van der Waals surface area contributed by atoms with Crippen LogP contribution in [0.15, 0.2) is 42.6 Å². The molecule has 0 bridgehead atoms. The van der Waals surface area contributed by atoms with Crippen LogP contribution in [0.2, 0.25) is 0 Å². The summed E-state index contributed by atoms with van der Waals surface area (Å²) in [6, 6.07) is 7.78. The van der Waals surface area contributed by atoms with Crippen molar-refractivity contribution in [3.63, 3.8) is 0 Å². The van der Waals surface area contributed by atoms with Gasteiger partial charge >= 0.3 is 12.4 Å². The normalized spacial score (nSPS) is 22.2. The van der Waals surface area contributed by atoms with Crippen molar-refractivity contribution in [1.82, 2.24) is 30.1 Å². The van der Waals surface area contributed by atoms with Crippen LogP contribution in [0.4, 0.5) is 32.3 Å². The molecule has 0 radical (unpaired) electrons. The molecule has 2 aliphatic rings. The van der Waals surface area contributed by atoms with E-state index in [4.69, 9.17) is 5.73 Å². The lowest BCUT2D eigenvalue weighted by molar-refractivity contribution is -0.143. The highest BCUT2D eigenvalue weighted by molar-refractivity contribution is 5.37. The van der Waals surface area contributed by atoms with Crippen LogP contribution in [-0.2, 0) is 25.9 Å². The minimum absolute atomic E-state index is 0.0845. The molecule has 8 nitrogen and oxygen atoms in total. The Labute approximate surface area is 239 Å². The van der Waals surface area contributed by atoms with Crippen LogP contribution >= 0.6 is 0 Å². The third kappa shape index (κ3) is 6.86. The number of halogens is 6. The Morgan fingerprint density at radius 2 is 1.74 bits per heavy atom. The van der Waals surface area contributed by atoms with E-state index in [2.05, 4.69) is 25.3 Å². The van der Waals surface area contributed by atoms with Crippen molar-refractivity contribution >= 4 is 5.95 Å². The number of nitrogens with two attached hydrogens (primary N) is 1. The quantitative estimate of drug-likeness (QED) is 0.334.